The number of fused-ring (bicyclic) bond motifs is 1. The first-order valence-corrected chi connectivity index (χ1v) is 7.93. The molecule has 0 radical (unpaired) electrons. The predicted molar refractivity (Wildman–Crippen MR) is 82.6 cm³/mol. The largest absolute Gasteiger partial charge is 0.484 e. The molecular formula is C17H24N2O2. The van der Waals surface area contributed by atoms with Gasteiger partial charge in [-0.2, -0.15) is 0 Å². The van der Waals surface area contributed by atoms with Crippen LogP contribution in [0, 0.1) is 0 Å². The first-order chi connectivity index (χ1) is 10.2. The van der Waals surface area contributed by atoms with Crippen LogP contribution in [-0.2, 0) is 17.6 Å². The summed E-state index contributed by atoms with van der Waals surface area (Å²) < 4.78 is 5.63. The van der Waals surface area contributed by atoms with Crippen molar-refractivity contribution in [1.29, 1.82) is 0 Å². The molecule has 1 heterocycles. The number of benzene rings is 1. The number of likely N-dealkylation sites (tertiary alicyclic amines) is 1. The molecule has 0 bridgehead atoms. The van der Waals surface area contributed by atoms with Gasteiger partial charge in [-0.25, -0.2) is 0 Å². The van der Waals surface area contributed by atoms with Crippen LogP contribution in [0.2, 0.25) is 0 Å². The van der Waals surface area contributed by atoms with Gasteiger partial charge in [0.2, 0.25) is 0 Å². The predicted octanol–water partition coefficient (Wildman–Crippen LogP) is 1.76. The zero-order chi connectivity index (χ0) is 14.7. The molecule has 2 aliphatic rings. The summed E-state index contributed by atoms with van der Waals surface area (Å²) in [5.74, 6) is 0.805. The minimum absolute atomic E-state index is 0.00921. The lowest BCUT2D eigenvalue weighted by molar-refractivity contribution is -0.124. The van der Waals surface area contributed by atoms with Crippen LogP contribution in [0.15, 0.2) is 18.2 Å². The monoisotopic (exact) mass is 288 g/mol. The second-order valence-electron chi connectivity index (χ2n) is 6.22. The quantitative estimate of drug-likeness (QED) is 0.918. The van der Waals surface area contributed by atoms with Gasteiger partial charge in [-0.15, -0.1) is 0 Å². The molecule has 0 spiro atoms. The molecule has 0 aromatic heterocycles. The van der Waals surface area contributed by atoms with Crippen LogP contribution in [0.1, 0.15) is 30.4 Å². The van der Waals surface area contributed by atoms with Crippen molar-refractivity contribution < 1.29 is 9.53 Å². The van der Waals surface area contributed by atoms with Crippen LogP contribution in [0.3, 0.4) is 0 Å². The van der Waals surface area contributed by atoms with Crippen molar-refractivity contribution in [2.45, 2.75) is 38.1 Å². The number of aryl methyl sites for hydroxylation is 2. The Hall–Kier alpha value is -1.55. The van der Waals surface area contributed by atoms with Gasteiger partial charge in [0.05, 0.1) is 0 Å². The molecule has 1 fully saturated rings. The smallest absolute Gasteiger partial charge is 0.258 e. The number of carbonyl (C=O) groups excluding carboxylic acids is 1. The number of carbonyl (C=O) groups is 1. The van der Waals surface area contributed by atoms with Gasteiger partial charge in [-0.1, -0.05) is 6.07 Å². The fraction of sp³-hybridized carbons (Fsp3) is 0.588. The van der Waals surface area contributed by atoms with Crippen LogP contribution in [-0.4, -0.2) is 43.6 Å². The van der Waals surface area contributed by atoms with Gasteiger partial charge in [-0.05, 0) is 75.5 Å². The van der Waals surface area contributed by atoms with Gasteiger partial charge in [0, 0.05) is 6.04 Å². The fourth-order valence-corrected chi connectivity index (χ4v) is 3.21. The third-order valence-corrected chi connectivity index (χ3v) is 4.52. The SMILES string of the molecule is CN1CCC(NC(=O)COc2ccc3c(c2)CCC3)CC1. The number of nitrogens with one attached hydrogen (secondary N) is 1. The Morgan fingerprint density at radius 2 is 2.05 bits per heavy atom. The van der Waals surface area contributed by atoms with E-state index in [0.29, 0.717) is 6.04 Å². The van der Waals surface area contributed by atoms with E-state index in [1.807, 2.05) is 6.07 Å². The highest BCUT2D eigenvalue weighted by Gasteiger charge is 2.18. The topological polar surface area (TPSA) is 41.6 Å². The number of hydrogen-bond acceptors (Lipinski definition) is 3. The van der Waals surface area contributed by atoms with Crippen molar-refractivity contribution in [2.75, 3.05) is 26.7 Å². The number of hydrogen-bond donors (Lipinski definition) is 1. The Bertz CT molecular complexity index is 508. The number of ether oxygens (including phenoxy) is 1. The highest BCUT2D eigenvalue weighted by Crippen LogP contribution is 2.25. The first-order valence-electron chi connectivity index (χ1n) is 7.93. The zero-order valence-electron chi connectivity index (χ0n) is 12.7. The minimum Gasteiger partial charge on any atom is -0.484 e. The lowest BCUT2D eigenvalue weighted by atomic mass is 10.1. The third-order valence-electron chi connectivity index (χ3n) is 4.52. The molecule has 4 heteroatoms. The van der Waals surface area contributed by atoms with E-state index in [-0.39, 0.29) is 12.5 Å². The van der Waals surface area contributed by atoms with Crippen molar-refractivity contribution in [1.82, 2.24) is 10.2 Å². The Balaban J connectivity index is 1.45. The molecule has 4 nitrogen and oxygen atoms in total. The molecule has 1 aromatic carbocycles. The van der Waals surface area contributed by atoms with Crippen LogP contribution in [0.5, 0.6) is 5.75 Å². The highest BCUT2D eigenvalue weighted by atomic mass is 16.5. The highest BCUT2D eigenvalue weighted by molar-refractivity contribution is 5.77. The summed E-state index contributed by atoms with van der Waals surface area (Å²) in [4.78, 5) is 14.2. The Kier molecular flexibility index (Phi) is 4.44. The number of rotatable bonds is 4. The van der Waals surface area contributed by atoms with Gasteiger partial charge >= 0.3 is 0 Å². The maximum absolute atomic E-state index is 12.0. The van der Waals surface area contributed by atoms with Crippen molar-refractivity contribution in [3.63, 3.8) is 0 Å². The van der Waals surface area contributed by atoms with Crippen LogP contribution in [0.4, 0.5) is 0 Å². The maximum atomic E-state index is 12.0. The Morgan fingerprint density at radius 1 is 1.29 bits per heavy atom. The van der Waals surface area contributed by atoms with E-state index in [1.54, 1.807) is 0 Å². The number of amides is 1. The van der Waals surface area contributed by atoms with Gasteiger partial charge in [0.15, 0.2) is 6.61 Å². The van der Waals surface area contributed by atoms with Crippen LogP contribution in [0.25, 0.3) is 0 Å². The summed E-state index contributed by atoms with van der Waals surface area (Å²) in [6, 6.07) is 6.50. The van der Waals surface area contributed by atoms with E-state index < -0.39 is 0 Å². The molecule has 1 aliphatic carbocycles. The molecule has 1 N–H and O–H groups in total. The molecule has 1 saturated heterocycles. The Labute approximate surface area is 126 Å². The summed E-state index contributed by atoms with van der Waals surface area (Å²) in [7, 11) is 2.12. The van der Waals surface area contributed by atoms with Gasteiger partial charge in [0.1, 0.15) is 5.75 Å². The summed E-state index contributed by atoms with van der Waals surface area (Å²) in [5.41, 5.74) is 2.81. The molecule has 1 aromatic rings. The van der Waals surface area contributed by atoms with Crippen LogP contribution >= 0.6 is 0 Å². The molecular weight excluding hydrogens is 264 g/mol. The average Bonchev–Trinajstić information content (AvgIpc) is 2.95. The second-order valence-corrected chi connectivity index (χ2v) is 6.22. The molecule has 0 atom stereocenters. The Morgan fingerprint density at radius 3 is 2.86 bits per heavy atom. The summed E-state index contributed by atoms with van der Waals surface area (Å²) in [5, 5.41) is 3.07. The van der Waals surface area contributed by atoms with Gasteiger partial charge in [-0.3, -0.25) is 4.79 Å². The fourth-order valence-electron chi connectivity index (χ4n) is 3.21. The molecule has 114 valence electrons. The van der Waals surface area contributed by atoms with Crippen molar-refractivity contribution >= 4 is 5.91 Å². The van der Waals surface area contributed by atoms with Gasteiger partial charge in [0.25, 0.3) is 5.91 Å². The summed E-state index contributed by atoms with van der Waals surface area (Å²) in [6.07, 6.45) is 5.60. The minimum atomic E-state index is -0.00921. The molecule has 0 saturated carbocycles. The van der Waals surface area contributed by atoms with Crippen LogP contribution < -0.4 is 10.1 Å². The normalized spacial score (nSPS) is 19.3. The standard InChI is InChI=1S/C17H24N2O2/c1-19-9-7-15(8-10-19)18-17(20)12-21-16-6-5-13-3-2-4-14(13)11-16/h5-6,11,15H,2-4,7-10,12H2,1H3,(H,18,20). The van der Waals surface area contributed by atoms with E-state index in [0.717, 1.165) is 38.1 Å². The molecule has 0 unspecified atom stereocenters. The second kappa shape index (κ2) is 6.48. The lowest BCUT2D eigenvalue weighted by Gasteiger charge is -2.29. The first kappa shape index (κ1) is 14.4. The molecule has 3 rings (SSSR count). The van der Waals surface area contributed by atoms with Crippen molar-refractivity contribution in [3.05, 3.63) is 29.3 Å². The molecule has 1 amide bonds. The van der Waals surface area contributed by atoms with E-state index in [9.17, 15) is 4.79 Å². The van der Waals surface area contributed by atoms with E-state index in [4.69, 9.17) is 4.74 Å². The molecule has 1 aliphatic heterocycles. The van der Waals surface area contributed by atoms with Crippen molar-refractivity contribution in [2.24, 2.45) is 0 Å². The summed E-state index contributed by atoms with van der Waals surface area (Å²) >= 11 is 0. The lowest BCUT2D eigenvalue weighted by Crippen LogP contribution is -2.44. The van der Waals surface area contributed by atoms with E-state index in [2.05, 4.69) is 29.4 Å². The number of nitrogens with zero attached hydrogens (tertiary/aromatic N) is 1. The summed E-state index contributed by atoms with van der Waals surface area (Å²) in [6.45, 7) is 2.22. The zero-order valence-corrected chi connectivity index (χ0v) is 12.7. The maximum Gasteiger partial charge on any atom is 0.258 e. The molecule has 21 heavy (non-hydrogen) atoms. The number of piperidine rings is 1. The van der Waals surface area contributed by atoms with Crippen molar-refractivity contribution in [3.8, 4) is 5.75 Å². The van der Waals surface area contributed by atoms with E-state index >= 15 is 0 Å². The van der Waals surface area contributed by atoms with E-state index in [1.165, 1.54) is 24.0 Å². The average molecular weight is 288 g/mol. The third kappa shape index (κ3) is 3.76. The van der Waals surface area contributed by atoms with Gasteiger partial charge < -0.3 is 15.0 Å².